The molecular weight excluding hydrogens is 436 g/mol. The smallest absolute Gasteiger partial charge is 0.336 e. The fraction of sp³-hybridized carbons (Fsp3) is 0.480. The number of nitrogens with two attached hydrogens (primary N) is 1. The summed E-state index contributed by atoms with van der Waals surface area (Å²) in [4.78, 5) is 41.8. The van der Waals surface area contributed by atoms with E-state index < -0.39 is 16.9 Å². The average molecular weight is 471 g/mol. The Balaban J connectivity index is 2.20. The predicted molar refractivity (Wildman–Crippen MR) is 135 cm³/mol. The molecule has 2 heterocycles. The Labute approximate surface area is 198 Å². The Morgan fingerprint density at radius 2 is 1.85 bits per heavy atom. The number of hydrogen-bond acceptors (Lipinski definition) is 7. The number of hydrogen-bond donors (Lipinski definition) is 2. The summed E-state index contributed by atoms with van der Waals surface area (Å²) in [6.45, 7) is 11.3. The molecule has 0 atom stereocenters. The lowest BCUT2D eigenvalue weighted by atomic mass is 9.95. The van der Waals surface area contributed by atoms with Crippen LogP contribution >= 0.6 is 0 Å². The number of aromatic nitrogens is 2. The largest absolute Gasteiger partial charge is 0.423 e. The van der Waals surface area contributed by atoms with Crippen LogP contribution in [0.4, 0.5) is 11.5 Å². The van der Waals surface area contributed by atoms with E-state index >= 15 is 0 Å². The summed E-state index contributed by atoms with van der Waals surface area (Å²) in [6.07, 6.45) is 0. The van der Waals surface area contributed by atoms with Gasteiger partial charge in [-0.3, -0.25) is 14.3 Å². The van der Waals surface area contributed by atoms with Gasteiger partial charge in [-0.25, -0.2) is 9.59 Å². The highest BCUT2D eigenvalue weighted by Crippen LogP contribution is 2.28. The van der Waals surface area contributed by atoms with E-state index in [1.807, 2.05) is 32.9 Å². The first-order valence-corrected chi connectivity index (χ1v) is 11.5. The van der Waals surface area contributed by atoms with Gasteiger partial charge in [-0.1, -0.05) is 27.7 Å². The third-order valence-electron chi connectivity index (χ3n) is 5.84. The van der Waals surface area contributed by atoms with E-state index in [-0.39, 0.29) is 29.9 Å². The van der Waals surface area contributed by atoms with Crippen molar-refractivity contribution >= 4 is 22.5 Å². The van der Waals surface area contributed by atoms with E-state index in [0.29, 0.717) is 30.8 Å². The molecule has 0 saturated heterocycles. The molecule has 0 saturated carbocycles. The van der Waals surface area contributed by atoms with Crippen LogP contribution < -0.4 is 27.5 Å². The van der Waals surface area contributed by atoms with Gasteiger partial charge in [0.25, 0.3) is 5.56 Å². The van der Waals surface area contributed by atoms with Crippen LogP contribution in [-0.4, -0.2) is 29.8 Å². The molecule has 0 aliphatic heterocycles. The number of benzene rings is 1. The maximum absolute atomic E-state index is 12.9. The molecule has 2 aromatic heterocycles. The van der Waals surface area contributed by atoms with Crippen LogP contribution in [0.15, 0.2) is 37.0 Å². The first-order chi connectivity index (χ1) is 16.0. The van der Waals surface area contributed by atoms with Crippen LogP contribution in [0.3, 0.4) is 0 Å². The number of ether oxygens (including phenoxy) is 1. The van der Waals surface area contributed by atoms with E-state index in [1.54, 1.807) is 12.0 Å². The Kier molecular flexibility index (Phi) is 7.66. The van der Waals surface area contributed by atoms with Gasteiger partial charge in [-0.15, -0.1) is 0 Å². The molecule has 0 amide bonds. The molecule has 0 radical (unpaired) electrons. The Morgan fingerprint density at radius 1 is 1.15 bits per heavy atom. The van der Waals surface area contributed by atoms with Crippen molar-refractivity contribution in [3.05, 3.63) is 66.1 Å². The number of aryl methyl sites for hydroxylation is 1. The van der Waals surface area contributed by atoms with Crippen molar-refractivity contribution < 1.29 is 9.15 Å². The van der Waals surface area contributed by atoms with E-state index in [9.17, 15) is 14.4 Å². The van der Waals surface area contributed by atoms with Crippen LogP contribution in [0.5, 0.6) is 0 Å². The second kappa shape index (κ2) is 10.3. The standard InChI is InChI=1S/C25H34N4O5/c1-14(2)12-29-23(26)22(24(31)27-25(29)32)28(7-8-33-6)13-17-10-21(30)34-20-9-16(5)18(15(3)4)11-19(17)20/h9-11,14-15H,7-8,12-13,26H2,1-6H3,(H,27,31,32). The number of nitrogens with one attached hydrogen (secondary N) is 1. The summed E-state index contributed by atoms with van der Waals surface area (Å²) in [7, 11) is 1.57. The van der Waals surface area contributed by atoms with Gasteiger partial charge >= 0.3 is 11.3 Å². The van der Waals surface area contributed by atoms with E-state index in [1.165, 1.54) is 10.6 Å². The first kappa shape index (κ1) is 25.3. The van der Waals surface area contributed by atoms with Crippen molar-refractivity contribution in [1.82, 2.24) is 9.55 Å². The number of nitrogen functional groups attached to an aromatic ring is 1. The van der Waals surface area contributed by atoms with Crippen LogP contribution in [0.25, 0.3) is 11.0 Å². The minimum atomic E-state index is -0.579. The predicted octanol–water partition coefficient (Wildman–Crippen LogP) is 2.97. The monoisotopic (exact) mass is 470 g/mol. The summed E-state index contributed by atoms with van der Waals surface area (Å²) in [6, 6.07) is 5.35. The molecule has 184 valence electrons. The number of methoxy groups -OCH3 is 1. The maximum atomic E-state index is 12.9. The van der Waals surface area contributed by atoms with Gasteiger partial charge in [0, 0.05) is 38.2 Å². The van der Waals surface area contributed by atoms with Gasteiger partial charge in [0.2, 0.25) is 0 Å². The number of aromatic amines is 1. The highest BCUT2D eigenvalue weighted by atomic mass is 16.5. The van der Waals surface area contributed by atoms with Gasteiger partial charge in [-0.2, -0.15) is 0 Å². The molecule has 3 N–H and O–H groups in total. The molecule has 0 aliphatic carbocycles. The molecular formula is C25H34N4O5. The van der Waals surface area contributed by atoms with Crippen LogP contribution in [0.1, 0.15) is 50.3 Å². The Morgan fingerprint density at radius 3 is 2.47 bits per heavy atom. The van der Waals surface area contributed by atoms with Gasteiger partial charge in [0.15, 0.2) is 0 Å². The fourth-order valence-electron chi connectivity index (χ4n) is 4.25. The second-order valence-electron chi connectivity index (χ2n) is 9.36. The van der Waals surface area contributed by atoms with Crippen molar-refractivity contribution in [3.8, 4) is 0 Å². The summed E-state index contributed by atoms with van der Waals surface area (Å²) in [5, 5.41) is 0.793. The molecule has 0 bridgehead atoms. The quantitative estimate of drug-likeness (QED) is 0.461. The van der Waals surface area contributed by atoms with Crippen LogP contribution in [0, 0.1) is 12.8 Å². The summed E-state index contributed by atoms with van der Waals surface area (Å²) >= 11 is 0. The molecule has 9 heteroatoms. The third kappa shape index (κ3) is 5.25. The lowest BCUT2D eigenvalue weighted by molar-refractivity contribution is 0.205. The molecule has 0 spiro atoms. The normalized spacial score (nSPS) is 11.6. The Hall–Kier alpha value is -3.33. The number of H-pyrrole nitrogens is 1. The Bertz CT molecular complexity index is 1350. The van der Waals surface area contributed by atoms with Gasteiger partial charge < -0.3 is 19.8 Å². The van der Waals surface area contributed by atoms with Crippen LogP contribution in [0.2, 0.25) is 0 Å². The highest BCUT2D eigenvalue weighted by molar-refractivity contribution is 5.82. The van der Waals surface area contributed by atoms with Crippen molar-refractivity contribution in [1.29, 1.82) is 0 Å². The highest BCUT2D eigenvalue weighted by Gasteiger charge is 2.21. The van der Waals surface area contributed by atoms with Gasteiger partial charge in [0.05, 0.1) is 6.61 Å². The topological polar surface area (TPSA) is 124 Å². The van der Waals surface area contributed by atoms with E-state index in [2.05, 4.69) is 18.8 Å². The lowest BCUT2D eigenvalue weighted by Gasteiger charge is -2.27. The summed E-state index contributed by atoms with van der Waals surface area (Å²) in [5.74, 6) is 0.517. The van der Waals surface area contributed by atoms with Gasteiger partial charge in [0.1, 0.15) is 17.1 Å². The molecule has 34 heavy (non-hydrogen) atoms. The lowest BCUT2D eigenvalue weighted by Crippen LogP contribution is -2.40. The zero-order chi connectivity index (χ0) is 25.2. The van der Waals surface area contributed by atoms with E-state index in [4.69, 9.17) is 14.9 Å². The maximum Gasteiger partial charge on any atom is 0.336 e. The first-order valence-electron chi connectivity index (χ1n) is 11.5. The second-order valence-corrected chi connectivity index (χ2v) is 9.36. The molecule has 0 unspecified atom stereocenters. The zero-order valence-corrected chi connectivity index (χ0v) is 20.7. The SMILES string of the molecule is COCCN(Cc1cc(=O)oc2cc(C)c(C(C)C)cc12)c1c(N)n(CC(C)C)c(=O)[nH]c1=O. The minimum absolute atomic E-state index is 0.0875. The molecule has 9 nitrogen and oxygen atoms in total. The third-order valence-corrected chi connectivity index (χ3v) is 5.84. The van der Waals surface area contributed by atoms with Crippen LogP contribution in [-0.2, 0) is 17.8 Å². The van der Waals surface area contributed by atoms with Crippen molar-refractivity contribution in [3.63, 3.8) is 0 Å². The van der Waals surface area contributed by atoms with Crippen molar-refractivity contribution in [2.45, 2.75) is 53.6 Å². The summed E-state index contributed by atoms with van der Waals surface area (Å²) < 4.78 is 12.1. The molecule has 0 fully saturated rings. The van der Waals surface area contributed by atoms with Crippen molar-refractivity contribution in [2.24, 2.45) is 5.92 Å². The molecule has 3 aromatic rings. The average Bonchev–Trinajstić information content (AvgIpc) is 2.73. The zero-order valence-electron chi connectivity index (χ0n) is 20.7. The van der Waals surface area contributed by atoms with Gasteiger partial charge in [-0.05, 0) is 47.6 Å². The number of anilines is 2. The number of rotatable bonds is 9. The van der Waals surface area contributed by atoms with Crippen molar-refractivity contribution in [2.75, 3.05) is 30.9 Å². The fourth-order valence-corrected chi connectivity index (χ4v) is 4.25. The molecule has 0 aliphatic rings. The van der Waals surface area contributed by atoms with E-state index in [0.717, 1.165) is 16.5 Å². The molecule has 3 rings (SSSR count). The number of nitrogens with zero attached hydrogens (tertiary/aromatic N) is 2. The minimum Gasteiger partial charge on any atom is -0.423 e. The molecule has 1 aromatic carbocycles. The summed E-state index contributed by atoms with van der Waals surface area (Å²) in [5.41, 5.74) is 8.32. The number of fused-ring (bicyclic) bond motifs is 1.